The Hall–Kier alpha value is -1.70. The Bertz CT molecular complexity index is 765. The number of imidazole rings is 1. The largest absolute Gasteiger partial charge is 0.469 e. The van der Waals surface area contributed by atoms with Gasteiger partial charge in [-0.3, -0.25) is 9.09 Å². The predicted molar refractivity (Wildman–Crippen MR) is 77.3 cm³/mol. The standard InChI is InChI=1S/C10H14N5O7P.H2O/c11-8-5-9(13-2-12-8)15(3-14-5)10-7(17)6(16)4(22-10)1-21-23(18,19)20;/h2-4,6-7,10,16-17H,1H2,(H2,11,12,13)(H2,18,19,20);1H2. The molecule has 1 aliphatic heterocycles. The molecular formula is C10H16N5O8P. The average molecular weight is 365 g/mol. The number of nitrogen functional groups attached to an aromatic ring is 1. The molecule has 3 heterocycles. The number of nitrogens with two attached hydrogens (primary N) is 1. The Labute approximate surface area is 134 Å². The lowest BCUT2D eigenvalue weighted by molar-refractivity contribution is -0.0504. The van der Waals surface area contributed by atoms with Crippen molar-refractivity contribution >= 4 is 24.8 Å². The van der Waals surface area contributed by atoms with Crippen LogP contribution in [0.1, 0.15) is 6.23 Å². The zero-order valence-corrected chi connectivity index (χ0v) is 12.9. The second kappa shape index (κ2) is 6.66. The van der Waals surface area contributed by atoms with Gasteiger partial charge in [0.1, 0.15) is 30.2 Å². The summed E-state index contributed by atoms with van der Waals surface area (Å²) in [6, 6.07) is 0. The van der Waals surface area contributed by atoms with Gasteiger partial charge in [0.25, 0.3) is 0 Å². The lowest BCUT2D eigenvalue weighted by Crippen LogP contribution is -2.33. The topological polar surface area (TPSA) is 218 Å². The molecule has 2 aromatic heterocycles. The van der Waals surface area contributed by atoms with E-state index in [2.05, 4.69) is 19.5 Å². The molecule has 1 saturated heterocycles. The number of fused-ring (bicyclic) bond motifs is 1. The molecule has 0 spiro atoms. The zero-order chi connectivity index (χ0) is 16.8. The van der Waals surface area contributed by atoms with E-state index in [0.717, 1.165) is 0 Å². The molecule has 0 aromatic carbocycles. The van der Waals surface area contributed by atoms with Crippen LogP contribution in [-0.4, -0.2) is 69.9 Å². The van der Waals surface area contributed by atoms with E-state index in [1.165, 1.54) is 17.2 Å². The van der Waals surface area contributed by atoms with Gasteiger partial charge in [-0.05, 0) is 0 Å². The fraction of sp³-hybridized carbons (Fsp3) is 0.500. The van der Waals surface area contributed by atoms with Gasteiger partial charge < -0.3 is 35.9 Å². The summed E-state index contributed by atoms with van der Waals surface area (Å²) in [6.07, 6.45) is -2.49. The predicted octanol–water partition coefficient (Wildman–Crippen LogP) is -2.69. The average Bonchev–Trinajstić information content (AvgIpc) is 3.01. The summed E-state index contributed by atoms with van der Waals surface area (Å²) >= 11 is 0. The van der Waals surface area contributed by atoms with E-state index in [1.54, 1.807) is 0 Å². The van der Waals surface area contributed by atoms with Crippen LogP contribution in [0.3, 0.4) is 0 Å². The summed E-state index contributed by atoms with van der Waals surface area (Å²) in [7, 11) is -4.72. The summed E-state index contributed by atoms with van der Waals surface area (Å²) in [6.45, 7) is -0.594. The molecule has 1 fully saturated rings. The Morgan fingerprint density at radius 2 is 2.00 bits per heavy atom. The van der Waals surface area contributed by atoms with Gasteiger partial charge in [0.15, 0.2) is 17.7 Å². The van der Waals surface area contributed by atoms with Gasteiger partial charge >= 0.3 is 7.82 Å². The molecule has 4 unspecified atom stereocenters. The molecule has 1 aliphatic rings. The Morgan fingerprint density at radius 1 is 1.29 bits per heavy atom. The summed E-state index contributed by atoms with van der Waals surface area (Å²) < 4.78 is 21.8. The number of phosphoric acid groups is 1. The van der Waals surface area contributed by atoms with Gasteiger partial charge in [-0.2, -0.15) is 0 Å². The number of aliphatic hydroxyl groups is 2. The smallest absolute Gasteiger partial charge is 0.412 e. The highest BCUT2D eigenvalue weighted by atomic mass is 31.2. The van der Waals surface area contributed by atoms with Crippen molar-refractivity contribution < 1.29 is 39.3 Å². The van der Waals surface area contributed by atoms with Crippen LogP contribution in [0.25, 0.3) is 11.2 Å². The van der Waals surface area contributed by atoms with Crippen molar-refractivity contribution in [3.63, 3.8) is 0 Å². The van der Waals surface area contributed by atoms with E-state index in [-0.39, 0.29) is 16.9 Å². The second-order valence-corrected chi connectivity index (χ2v) is 6.15. The quantitative estimate of drug-likeness (QED) is 0.351. The van der Waals surface area contributed by atoms with Crippen LogP contribution in [0.15, 0.2) is 12.7 Å². The van der Waals surface area contributed by atoms with Crippen molar-refractivity contribution in [2.75, 3.05) is 12.3 Å². The highest BCUT2D eigenvalue weighted by Gasteiger charge is 2.45. The number of hydrogen-bond acceptors (Lipinski definition) is 9. The molecule has 0 radical (unpaired) electrons. The van der Waals surface area contributed by atoms with Crippen molar-refractivity contribution in [3.8, 4) is 0 Å². The van der Waals surface area contributed by atoms with Gasteiger partial charge in [-0.25, -0.2) is 19.5 Å². The van der Waals surface area contributed by atoms with Crippen LogP contribution in [0.4, 0.5) is 5.82 Å². The molecule has 24 heavy (non-hydrogen) atoms. The Kier molecular flexibility index (Phi) is 5.17. The molecule has 4 atom stereocenters. The van der Waals surface area contributed by atoms with Gasteiger partial charge in [-0.15, -0.1) is 0 Å². The van der Waals surface area contributed by atoms with Crippen LogP contribution in [0, 0.1) is 0 Å². The first kappa shape index (κ1) is 18.6. The molecule has 8 N–H and O–H groups in total. The van der Waals surface area contributed by atoms with Crippen molar-refractivity contribution in [1.82, 2.24) is 19.5 Å². The summed E-state index contributed by atoms with van der Waals surface area (Å²) in [5.41, 5.74) is 6.25. The number of rotatable bonds is 4. The minimum atomic E-state index is -4.72. The maximum absolute atomic E-state index is 10.7. The monoisotopic (exact) mass is 365 g/mol. The molecule has 14 heteroatoms. The van der Waals surface area contributed by atoms with Crippen molar-refractivity contribution in [3.05, 3.63) is 12.7 Å². The van der Waals surface area contributed by atoms with E-state index < -0.39 is 39.0 Å². The summed E-state index contributed by atoms with van der Waals surface area (Å²) in [4.78, 5) is 29.2. The number of phosphoric ester groups is 1. The van der Waals surface area contributed by atoms with Crippen molar-refractivity contribution in [2.45, 2.75) is 24.5 Å². The van der Waals surface area contributed by atoms with Crippen LogP contribution in [0.5, 0.6) is 0 Å². The normalized spacial score (nSPS) is 27.3. The minimum Gasteiger partial charge on any atom is -0.412 e. The van der Waals surface area contributed by atoms with Gasteiger partial charge in [-0.1, -0.05) is 0 Å². The van der Waals surface area contributed by atoms with Crippen LogP contribution >= 0.6 is 7.82 Å². The van der Waals surface area contributed by atoms with E-state index >= 15 is 0 Å². The number of anilines is 1. The molecule has 0 bridgehead atoms. The molecule has 0 aliphatic carbocycles. The third-order valence-electron chi connectivity index (χ3n) is 3.41. The molecule has 134 valence electrons. The van der Waals surface area contributed by atoms with Gasteiger partial charge in [0.05, 0.1) is 12.9 Å². The van der Waals surface area contributed by atoms with Crippen LogP contribution in [-0.2, 0) is 13.8 Å². The second-order valence-electron chi connectivity index (χ2n) is 4.92. The summed E-state index contributed by atoms with van der Waals surface area (Å²) in [5.74, 6) is 0.142. The number of aromatic nitrogens is 4. The molecule has 13 nitrogen and oxygen atoms in total. The molecule has 0 saturated carbocycles. The first-order valence-electron chi connectivity index (χ1n) is 6.42. The third-order valence-corrected chi connectivity index (χ3v) is 3.89. The van der Waals surface area contributed by atoms with E-state index in [9.17, 15) is 14.8 Å². The Balaban J connectivity index is 0.00000208. The maximum Gasteiger partial charge on any atom is 0.469 e. The number of aliphatic hydroxyl groups excluding tert-OH is 2. The first-order chi connectivity index (χ1) is 10.8. The summed E-state index contributed by atoms with van der Waals surface area (Å²) in [5, 5.41) is 20.1. The minimum absolute atomic E-state index is 0. The third kappa shape index (κ3) is 3.38. The lowest BCUT2D eigenvalue weighted by Gasteiger charge is -2.16. The SMILES string of the molecule is Nc1ncnc2c1ncn2C1OC(COP(=O)(O)O)C(O)C1O.O. The molecule has 3 rings (SSSR count). The Morgan fingerprint density at radius 3 is 2.67 bits per heavy atom. The number of nitrogens with zero attached hydrogens (tertiary/aromatic N) is 4. The van der Waals surface area contributed by atoms with Crippen molar-refractivity contribution in [1.29, 1.82) is 0 Å². The van der Waals surface area contributed by atoms with Crippen LogP contribution in [0.2, 0.25) is 0 Å². The molecule has 0 amide bonds. The fourth-order valence-electron chi connectivity index (χ4n) is 2.32. The number of ether oxygens (including phenoxy) is 1. The van der Waals surface area contributed by atoms with Gasteiger partial charge in [0.2, 0.25) is 0 Å². The highest BCUT2D eigenvalue weighted by Crippen LogP contribution is 2.38. The van der Waals surface area contributed by atoms with Gasteiger partial charge in [0, 0.05) is 0 Å². The first-order valence-corrected chi connectivity index (χ1v) is 7.95. The molecule has 2 aromatic rings. The number of hydrogen-bond donors (Lipinski definition) is 5. The fourth-order valence-corrected chi connectivity index (χ4v) is 2.66. The highest BCUT2D eigenvalue weighted by molar-refractivity contribution is 7.46. The lowest BCUT2D eigenvalue weighted by atomic mass is 10.1. The maximum atomic E-state index is 10.7. The zero-order valence-electron chi connectivity index (χ0n) is 12.0. The van der Waals surface area contributed by atoms with E-state index in [0.29, 0.717) is 5.52 Å². The van der Waals surface area contributed by atoms with E-state index in [4.69, 9.17) is 20.3 Å². The van der Waals surface area contributed by atoms with E-state index in [1.807, 2.05) is 0 Å². The van der Waals surface area contributed by atoms with Crippen LogP contribution < -0.4 is 5.73 Å². The van der Waals surface area contributed by atoms with Crippen molar-refractivity contribution in [2.24, 2.45) is 0 Å². The molecular weight excluding hydrogens is 349 g/mol.